The van der Waals surface area contributed by atoms with Gasteiger partial charge in [-0.3, -0.25) is 4.79 Å². The first-order chi connectivity index (χ1) is 9.56. The molecule has 0 aliphatic heterocycles. The van der Waals surface area contributed by atoms with Gasteiger partial charge >= 0.3 is 5.95 Å². The lowest BCUT2D eigenvalue weighted by Gasteiger charge is -2.13. The number of rotatable bonds is 5. The van der Waals surface area contributed by atoms with Crippen molar-refractivity contribution in [1.29, 1.82) is 0 Å². The molecule has 0 bridgehead atoms. The number of hydrogen-bond acceptors (Lipinski definition) is 5. The van der Waals surface area contributed by atoms with Crippen LogP contribution in [0.2, 0.25) is 0 Å². The highest BCUT2D eigenvalue weighted by atomic mass is 16.6. The number of nitro groups is 1. The molecule has 2 aromatic rings. The van der Waals surface area contributed by atoms with Gasteiger partial charge in [-0.2, -0.15) is 4.68 Å². The van der Waals surface area contributed by atoms with E-state index in [2.05, 4.69) is 15.4 Å². The van der Waals surface area contributed by atoms with Crippen LogP contribution in [0.25, 0.3) is 0 Å². The molecule has 0 unspecified atom stereocenters. The molecule has 0 fully saturated rings. The van der Waals surface area contributed by atoms with Crippen LogP contribution < -0.4 is 5.32 Å². The molecule has 1 amide bonds. The van der Waals surface area contributed by atoms with E-state index in [-0.39, 0.29) is 18.5 Å². The van der Waals surface area contributed by atoms with Gasteiger partial charge in [0.2, 0.25) is 12.2 Å². The van der Waals surface area contributed by atoms with E-state index in [1.54, 1.807) is 0 Å². The second-order valence-corrected chi connectivity index (χ2v) is 4.20. The molecule has 1 aromatic carbocycles. The largest absolute Gasteiger partial charge is 0.490 e. The molecule has 1 N–H and O–H groups in total. The van der Waals surface area contributed by atoms with Crippen LogP contribution in [-0.4, -0.2) is 25.6 Å². The van der Waals surface area contributed by atoms with Gasteiger partial charge in [-0.15, -0.1) is 0 Å². The Hall–Kier alpha value is -2.77. The Morgan fingerprint density at radius 2 is 2.15 bits per heavy atom. The summed E-state index contributed by atoms with van der Waals surface area (Å²) in [5.41, 5.74) is 0.977. The summed E-state index contributed by atoms with van der Waals surface area (Å²) in [7, 11) is 0. The second-order valence-electron chi connectivity index (χ2n) is 4.20. The van der Waals surface area contributed by atoms with Crippen LogP contribution >= 0.6 is 0 Å². The van der Waals surface area contributed by atoms with Gasteiger partial charge in [0.05, 0.1) is 6.04 Å². The summed E-state index contributed by atoms with van der Waals surface area (Å²) in [6.45, 7) is 1.75. The number of carbonyl (C=O) groups is 1. The predicted octanol–water partition coefficient (Wildman–Crippen LogP) is 1.06. The van der Waals surface area contributed by atoms with E-state index in [1.807, 2.05) is 37.3 Å². The summed E-state index contributed by atoms with van der Waals surface area (Å²) < 4.78 is 1.13. The van der Waals surface area contributed by atoms with Crippen molar-refractivity contribution in [2.75, 3.05) is 0 Å². The third-order valence-electron chi connectivity index (χ3n) is 2.67. The Kier molecular flexibility index (Phi) is 4.04. The molecule has 0 saturated heterocycles. The van der Waals surface area contributed by atoms with Gasteiger partial charge in [0.15, 0.2) is 0 Å². The predicted molar refractivity (Wildman–Crippen MR) is 69.7 cm³/mol. The number of nitrogens with zero attached hydrogens (tertiary/aromatic N) is 4. The molecule has 1 heterocycles. The van der Waals surface area contributed by atoms with Crippen molar-refractivity contribution >= 4 is 11.9 Å². The number of benzene rings is 1. The monoisotopic (exact) mass is 275 g/mol. The molecule has 0 spiro atoms. The van der Waals surface area contributed by atoms with Crippen molar-refractivity contribution in [1.82, 2.24) is 20.1 Å². The molecule has 20 heavy (non-hydrogen) atoms. The van der Waals surface area contributed by atoms with Gasteiger partial charge in [0, 0.05) is 5.10 Å². The molecule has 0 radical (unpaired) electrons. The molecule has 1 atom stereocenters. The average Bonchev–Trinajstić information content (AvgIpc) is 2.88. The third-order valence-corrected chi connectivity index (χ3v) is 2.67. The van der Waals surface area contributed by atoms with Gasteiger partial charge in [0.1, 0.15) is 6.54 Å². The Labute approximate surface area is 114 Å². The molecule has 0 saturated carbocycles. The molecular formula is C12H13N5O3. The first-order valence-electron chi connectivity index (χ1n) is 5.94. The highest BCUT2D eigenvalue weighted by molar-refractivity contribution is 5.76. The number of carbonyl (C=O) groups excluding carboxylic acids is 1. The molecule has 2 rings (SSSR count). The Bertz CT molecular complexity index is 611. The van der Waals surface area contributed by atoms with Gasteiger partial charge < -0.3 is 15.4 Å². The molecule has 0 aliphatic rings. The van der Waals surface area contributed by atoms with Crippen LogP contribution in [0.1, 0.15) is 18.5 Å². The van der Waals surface area contributed by atoms with Crippen LogP contribution in [0, 0.1) is 10.1 Å². The first kappa shape index (κ1) is 13.7. The SMILES string of the molecule is C[C@H](NC(=O)Cn1cnc([N+](=O)[O-])n1)c1ccccc1. The maximum atomic E-state index is 11.8. The van der Waals surface area contributed by atoms with E-state index in [1.165, 1.54) is 0 Å². The summed E-state index contributed by atoms with van der Waals surface area (Å²) in [6.07, 6.45) is 1.16. The lowest BCUT2D eigenvalue weighted by molar-refractivity contribution is -0.394. The normalized spacial score (nSPS) is 11.8. The summed E-state index contributed by atoms with van der Waals surface area (Å²) in [6, 6.07) is 9.34. The topological polar surface area (TPSA) is 103 Å². The lowest BCUT2D eigenvalue weighted by Crippen LogP contribution is -2.30. The van der Waals surface area contributed by atoms with Gasteiger partial charge in [-0.25, -0.2) is 0 Å². The standard InChI is InChI=1S/C12H13N5O3/c1-9(10-5-3-2-4-6-10)14-11(18)7-16-8-13-12(15-16)17(19)20/h2-6,8-9H,7H2,1H3,(H,14,18)/t9-/m0/s1. The molecule has 104 valence electrons. The minimum atomic E-state index is -0.707. The maximum absolute atomic E-state index is 11.8. The summed E-state index contributed by atoms with van der Waals surface area (Å²) in [5.74, 6) is -0.810. The highest BCUT2D eigenvalue weighted by Gasteiger charge is 2.16. The lowest BCUT2D eigenvalue weighted by atomic mass is 10.1. The maximum Gasteiger partial charge on any atom is 0.490 e. The van der Waals surface area contributed by atoms with Crippen molar-refractivity contribution in [3.8, 4) is 0 Å². The van der Waals surface area contributed by atoms with E-state index in [4.69, 9.17) is 0 Å². The summed E-state index contributed by atoms with van der Waals surface area (Å²) >= 11 is 0. The van der Waals surface area contributed by atoms with Crippen LogP contribution in [0.4, 0.5) is 5.95 Å². The summed E-state index contributed by atoms with van der Waals surface area (Å²) in [5, 5.41) is 16.8. The van der Waals surface area contributed by atoms with Crippen molar-refractivity contribution in [2.45, 2.75) is 19.5 Å². The zero-order valence-corrected chi connectivity index (χ0v) is 10.8. The fourth-order valence-corrected chi connectivity index (χ4v) is 1.70. The van der Waals surface area contributed by atoms with E-state index in [0.29, 0.717) is 0 Å². The van der Waals surface area contributed by atoms with Crippen LogP contribution in [-0.2, 0) is 11.3 Å². The highest BCUT2D eigenvalue weighted by Crippen LogP contribution is 2.10. The van der Waals surface area contributed by atoms with Gasteiger partial charge in [-0.1, -0.05) is 35.3 Å². The number of hydrogen-bond donors (Lipinski definition) is 1. The van der Waals surface area contributed by atoms with Crippen LogP contribution in [0.15, 0.2) is 36.7 Å². The smallest absolute Gasteiger partial charge is 0.390 e. The van der Waals surface area contributed by atoms with Gasteiger partial charge in [-0.05, 0) is 17.4 Å². The molecule has 8 nitrogen and oxygen atoms in total. The third kappa shape index (κ3) is 3.37. The Morgan fingerprint density at radius 1 is 1.45 bits per heavy atom. The summed E-state index contributed by atoms with van der Waals surface area (Å²) in [4.78, 5) is 25.0. The van der Waals surface area contributed by atoms with Crippen molar-refractivity contribution in [2.24, 2.45) is 0 Å². The van der Waals surface area contributed by atoms with E-state index >= 15 is 0 Å². The minimum Gasteiger partial charge on any atom is -0.390 e. The van der Waals surface area contributed by atoms with Crippen molar-refractivity contribution in [3.63, 3.8) is 0 Å². The average molecular weight is 275 g/mol. The number of nitrogens with one attached hydrogen (secondary N) is 1. The quantitative estimate of drug-likeness (QED) is 0.649. The Balaban J connectivity index is 1.93. The van der Waals surface area contributed by atoms with Crippen molar-refractivity contribution in [3.05, 3.63) is 52.3 Å². The fraction of sp³-hybridized carbons (Fsp3) is 0.250. The fourth-order valence-electron chi connectivity index (χ4n) is 1.70. The van der Waals surface area contributed by atoms with E-state index in [9.17, 15) is 14.9 Å². The van der Waals surface area contributed by atoms with E-state index < -0.39 is 10.9 Å². The van der Waals surface area contributed by atoms with Crippen LogP contribution in [0.5, 0.6) is 0 Å². The van der Waals surface area contributed by atoms with Gasteiger partial charge in [0.25, 0.3) is 0 Å². The van der Waals surface area contributed by atoms with Crippen molar-refractivity contribution < 1.29 is 9.72 Å². The second kappa shape index (κ2) is 5.91. The zero-order valence-electron chi connectivity index (χ0n) is 10.8. The number of aromatic nitrogens is 3. The Morgan fingerprint density at radius 3 is 2.75 bits per heavy atom. The number of amides is 1. The zero-order chi connectivity index (χ0) is 14.5. The van der Waals surface area contributed by atoms with E-state index in [0.717, 1.165) is 16.6 Å². The molecule has 0 aliphatic carbocycles. The first-order valence-corrected chi connectivity index (χ1v) is 5.94. The van der Waals surface area contributed by atoms with Crippen LogP contribution in [0.3, 0.4) is 0 Å². The molecule has 1 aromatic heterocycles. The molecular weight excluding hydrogens is 262 g/mol. The molecule has 8 heteroatoms. The minimum absolute atomic E-state index is 0.113.